The van der Waals surface area contributed by atoms with Crippen LogP contribution in [0.5, 0.6) is 0 Å². The van der Waals surface area contributed by atoms with Gasteiger partial charge in [-0.15, -0.1) is 0 Å². The molecule has 0 unspecified atom stereocenters. The second-order valence-electron chi connectivity index (χ2n) is 3.91. The first kappa shape index (κ1) is 12.2. The number of carbonyl (C=O) groups is 1. The average Bonchev–Trinajstić information content (AvgIpc) is 2.77. The summed E-state index contributed by atoms with van der Waals surface area (Å²) in [5.41, 5.74) is 6.41. The van der Waals surface area contributed by atoms with E-state index in [9.17, 15) is 4.79 Å². The summed E-state index contributed by atoms with van der Waals surface area (Å²) in [7, 11) is 0. The van der Waals surface area contributed by atoms with Crippen molar-refractivity contribution < 1.29 is 4.79 Å². The summed E-state index contributed by atoms with van der Waals surface area (Å²) in [4.78, 5) is 13.9. The van der Waals surface area contributed by atoms with Crippen LogP contribution in [0.2, 0.25) is 0 Å². The molecule has 0 aliphatic rings. The van der Waals surface area contributed by atoms with Gasteiger partial charge in [0, 0.05) is 18.4 Å². The lowest BCUT2D eigenvalue weighted by Crippen LogP contribution is -2.33. The van der Waals surface area contributed by atoms with E-state index < -0.39 is 0 Å². The Morgan fingerprint density at radius 3 is 2.61 bits per heavy atom. The van der Waals surface area contributed by atoms with Crippen molar-refractivity contribution in [1.82, 2.24) is 9.78 Å². The first-order valence-corrected chi connectivity index (χ1v) is 5.85. The molecule has 5 nitrogen and oxygen atoms in total. The van der Waals surface area contributed by atoms with Crippen molar-refractivity contribution in [2.24, 2.45) is 0 Å². The summed E-state index contributed by atoms with van der Waals surface area (Å²) in [5, 5.41) is 4.01. The maximum absolute atomic E-state index is 12.2. The number of para-hydroxylation sites is 1. The molecule has 2 rings (SSSR count). The van der Waals surface area contributed by atoms with E-state index in [0.29, 0.717) is 12.4 Å². The molecule has 0 atom stereocenters. The zero-order valence-electron chi connectivity index (χ0n) is 10.3. The summed E-state index contributed by atoms with van der Waals surface area (Å²) in [6, 6.07) is 11.3. The van der Waals surface area contributed by atoms with Gasteiger partial charge in [-0.05, 0) is 25.1 Å². The van der Waals surface area contributed by atoms with Gasteiger partial charge >= 0.3 is 0 Å². The van der Waals surface area contributed by atoms with Crippen LogP contribution in [0.1, 0.15) is 6.92 Å². The molecule has 0 aliphatic carbocycles. The number of nitrogens with two attached hydrogens (primary N) is 1. The fourth-order valence-corrected chi connectivity index (χ4v) is 1.80. The van der Waals surface area contributed by atoms with Gasteiger partial charge in [-0.1, -0.05) is 18.2 Å². The zero-order valence-corrected chi connectivity index (χ0v) is 10.3. The van der Waals surface area contributed by atoms with Crippen LogP contribution >= 0.6 is 0 Å². The van der Waals surface area contributed by atoms with Crippen LogP contribution in [-0.2, 0) is 11.3 Å². The van der Waals surface area contributed by atoms with Gasteiger partial charge in [0.1, 0.15) is 12.4 Å². The van der Waals surface area contributed by atoms with E-state index in [2.05, 4.69) is 5.10 Å². The summed E-state index contributed by atoms with van der Waals surface area (Å²) in [6.45, 7) is 2.77. The van der Waals surface area contributed by atoms with Gasteiger partial charge in [0.25, 0.3) is 0 Å². The minimum Gasteiger partial charge on any atom is -0.382 e. The Labute approximate surface area is 106 Å². The number of rotatable bonds is 4. The van der Waals surface area contributed by atoms with Gasteiger partial charge in [-0.3, -0.25) is 9.48 Å². The van der Waals surface area contributed by atoms with Gasteiger partial charge in [-0.25, -0.2) is 0 Å². The molecule has 1 heterocycles. The minimum absolute atomic E-state index is 0.00759. The minimum atomic E-state index is -0.00759. The molecule has 0 fully saturated rings. The average molecular weight is 244 g/mol. The van der Waals surface area contributed by atoms with E-state index in [1.165, 1.54) is 0 Å². The number of benzene rings is 1. The molecule has 0 saturated carbocycles. The normalized spacial score (nSPS) is 10.3. The number of nitrogen functional groups attached to an aromatic ring is 1. The van der Waals surface area contributed by atoms with Gasteiger partial charge < -0.3 is 10.6 Å². The van der Waals surface area contributed by atoms with Crippen LogP contribution < -0.4 is 10.6 Å². The summed E-state index contributed by atoms with van der Waals surface area (Å²) in [5.74, 6) is 0.414. The Hall–Kier alpha value is -2.30. The molecule has 0 saturated heterocycles. The van der Waals surface area contributed by atoms with E-state index in [0.717, 1.165) is 5.69 Å². The quantitative estimate of drug-likeness (QED) is 0.886. The third-order valence-corrected chi connectivity index (χ3v) is 2.64. The number of amides is 1. The van der Waals surface area contributed by atoms with E-state index in [1.807, 2.05) is 37.3 Å². The number of carbonyl (C=O) groups excluding carboxylic acids is 1. The smallest absolute Gasteiger partial charge is 0.248 e. The Balaban J connectivity index is 2.11. The molecule has 2 N–H and O–H groups in total. The Morgan fingerprint density at radius 2 is 2.06 bits per heavy atom. The first-order chi connectivity index (χ1) is 8.70. The predicted molar refractivity (Wildman–Crippen MR) is 71.1 cm³/mol. The number of anilines is 2. The van der Waals surface area contributed by atoms with Gasteiger partial charge in [-0.2, -0.15) is 5.10 Å². The van der Waals surface area contributed by atoms with E-state index in [4.69, 9.17) is 5.73 Å². The van der Waals surface area contributed by atoms with E-state index >= 15 is 0 Å². The van der Waals surface area contributed by atoms with Crippen molar-refractivity contribution in [3.05, 3.63) is 42.6 Å². The lowest BCUT2D eigenvalue weighted by atomic mass is 10.3. The molecule has 1 aromatic heterocycles. The highest BCUT2D eigenvalue weighted by molar-refractivity contribution is 5.93. The standard InChI is InChI=1S/C13H16N4O/c1-2-17(11-6-4-3-5-7-11)13(18)10-16-9-8-12(14)15-16/h3-9H,2,10H2,1H3,(H2,14,15). The fourth-order valence-electron chi connectivity index (χ4n) is 1.80. The highest BCUT2D eigenvalue weighted by atomic mass is 16.2. The maximum atomic E-state index is 12.2. The van der Waals surface area contributed by atoms with E-state index in [-0.39, 0.29) is 12.5 Å². The molecule has 1 aromatic carbocycles. The van der Waals surface area contributed by atoms with Crippen LogP contribution in [0.3, 0.4) is 0 Å². The molecule has 0 aliphatic heterocycles. The number of aromatic nitrogens is 2. The summed E-state index contributed by atoms with van der Waals surface area (Å²) >= 11 is 0. The van der Waals surface area contributed by atoms with Crippen molar-refractivity contribution in [3.8, 4) is 0 Å². The number of nitrogens with zero attached hydrogens (tertiary/aromatic N) is 3. The Bertz CT molecular complexity index is 521. The van der Waals surface area contributed by atoms with Crippen LogP contribution in [0.15, 0.2) is 42.6 Å². The second-order valence-corrected chi connectivity index (χ2v) is 3.91. The Kier molecular flexibility index (Phi) is 3.62. The monoisotopic (exact) mass is 244 g/mol. The lowest BCUT2D eigenvalue weighted by Gasteiger charge is -2.20. The van der Waals surface area contributed by atoms with Crippen molar-refractivity contribution in [2.45, 2.75) is 13.5 Å². The molecule has 94 valence electrons. The van der Waals surface area contributed by atoms with Gasteiger partial charge in [0.05, 0.1) is 0 Å². The molecule has 18 heavy (non-hydrogen) atoms. The Morgan fingerprint density at radius 1 is 1.33 bits per heavy atom. The largest absolute Gasteiger partial charge is 0.382 e. The van der Waals surface area contributed by atoms with E-state index in [1.54, 1.807) is 21.8 Å². The molecule has 0 radical (unpaired) electrons. The molecule has 5 heteroatoms. The third kappa shape index (κ3) is 2.68. The number of likely N-dealkylation sites (N-methyl/N-ethyl adjacent to an activating group) is 1. The second kappa shape index (κ2) is 5.35. The zero-order chi connectivity index (χ0) is 13.0. The molecular weight excluding hydrogens is 228 g/mol. The summed E-state index contributed by atoms with van der Waals surface area (Å²) < 4.78 is 1.54. The fraction of sp³-hybridized carbons (Fsp3) is 0.231. The predicted octanol–water partition coefficient (Wildman–Crippen LogP) is 1.52. The van der Waals surface area contributed by atoms with Crippen molar-refractivity contribution in [1.29, 1.82) is 0 Å². The van der Waals surface area contributed by atoms with Gasteiger partial charge in [0.2, 0.25) is 5.91 Å². The highest BCUT2D eigenvalue weighted by Gasteiger charge is 2.14. The van der Waals surface area contributed by atoms with Crippen molar-refractivity contribution in [3.63, 3.8) is 0 Å². The maximum Gasteiger partial charge on any atom is 0.248 e. The topological polar surface area (TPSA) is 64.2 Å². The molecular formula is C13H16N4O. The van der Waals surface area contributed by atoms with Crippen LogP contribution in [-0.4, -0.2) is 22.2 Å². The SMILES string of the molecule is CCN(C(=O)Cn1ccc(N)n1)c1ccccc1. The highest BCUT2D eigenvalue weighted by Crippen LogP contribution is 2.13. The first-order valence-electron chi connectivity index (χ1n) is 5.85. The van der Waals surface area contributed by atoms with Crippen LogP contribution in [0, 0.1) is 0 Å². The van der Waals surface area contributed by atoms with Crippen molar-refractivity contribution >= 4 is 17.4 Å². The summed E-state index contributed by atoms with van der Waals surface area (Å²) in [6.07, 6.45) is 1.70. The van der Waals surface area contributed by atoms with Crippen molar-refractivity contribution in [2.75, 3.05) is 17.2 Å². The lowest BCUT2D eigenvalue weighted by molar-refractivity contribution is -0.119. The number of hydrogen-bond acceptors (Lipinski definition) is 3. The molecule has 2 aromatic rings. The molecule has 0 bridgehead atoms. The van der Waals surface area contributed by atoms with Crippen LogP contribution in [0.4, 0.5) is 11.5 Å². The van der Waals surface area contributed by atoms with Gasteiger partial charge in [0.15, 0.2) is 0 Å². The number of hydrogen-bond donors (Lipinski definition) is 1. The molecule has 1 amide bonds. The third-order valence-electron chi connectivity index (χ3n) is 2.64. The van der Waals surface area contributed by atoms with Crippen LogP contribution in [0.25, 0.3) is 0 Å². The molecule has 0 spiro atoms.